The Labute approximate surface area is 149 Å². The number of amides is 2. The smallest absolute Gasteiger partial charge is 0.327 e. The maximum Gasteiger partial charge on any atom is 0.327 e. The zero-order chi connectivity index (χ0) is 19.1. The van der Waals surface area contributed by atoms with E-state index in [9.17, 15) is 32.3 Å². The summed E-state index contributed by atoms with van der Waals surface area (Å²) in [6.07, 6.45) is -0.178. The van der Waals surface area contributed by atoms with Crippen molar-refractivity contribution in [3.8, 4) is 0 Å². The van der Waals surface area contributed by atoms with Crippen molar-refractivity contribution in [3.05, 3.63) is 30.1 Å². The highest BCUT2D eigenvalue weighted by Gasteiger charge is 2.44. The Hall–Kier alpha value is -2.49. The standard InChI is InChI=1S/C16H17FN2O6S/c17-11-3-1-2-4-12(11)19-8-10(7-14(19)20)15(21)18-5-6-26(24,25)9-13(18)16(22)23/h1-4,10,13H,5-9H2,(H,22,23). The molecular weight excluding hydrogens is 367 g/mol. The molecule has 26 heavy (non-hydrogen) atoms. The number of sulfone groups is 1. The van der Waals surface area contributed by atoms with Crippen LogP contribution in [-0.2, 0) is 24.2 Å². The average Bonchev–Trinajstić information content (AvgIpc) is 2.95. The van der Waals surface area contributed by atoms with Crippen molar-refractivity contribution >= 4 is 33.3 Å². The molecule has 0 aromatic heterocycles. The van der Waals surface area contributed by atoms with Crippen LogP contribution in [0.4, 0.5) is 10.1 Å². The Morgan fingerprint density at radius 1 is 1.23 bits per heavy atom. The van der Waals surface area contributed by atoms with E-state index in [4.69, 9.17) is 0 Å². The van der Waals surface area contributed by atoms with Gasteiger partial charge in [0.25, 0.3) is 0 Å². The summed E-state index contributed by atoms with van der Waals surface area (Å²) in [6, 6.07) is 4.20. The number of carboxylic acid groups (broad SMARTS) is 1. The highest BCUT2D eigenvalue weighted by atomic mass is 32.2. The van der Waals surface area contributed by atoms with Gasteiger partial charge in [0, 0.05) is 19.5 Å². The maximum atomic E-state index is 13.9. The van der Waals surface area contributed by atoms with E-state index in [0.717, 1.165) is 9.80 Å². The first-order valence-electron chi connectivity index (χ1n) is 7.98. The highest BCUT2D eigenvalue weighted by Crippen LogP contribution is 2.29. The fraction of sp³-hybridized carbons (Fsp3) is 0.438. The lowest BCUT2D eigenvalue weighted by Gasteiger charge is -2.34. The number of carboxylic acids is 1. The van der Waals surface area contributed by atoms with E-state index in [1.54, 1.807) is 6.07 Å². The van der Waals surface area contributed by atoms with E-state index in [1.807, 2.05) is 0 Å². The number of carbonyl (C=O) groups excluding carboxylic acids is 2. The molecule has 0 spiro atoms. The quantitative estimate of drug-likeness (QED) is 0.778. The van der Waals surface area contributed by atoms with Crippen LogP contribution in [0.5, 0.6) is 0 Å². The van der Waals surface area contributed by atoms with Gasteiger partial charge in [-0.1, -0.05) is 12.1 Å². The molecule has 3 rings (SSSR count). The van der Waals surface area contributed by atoms with E-state index in [1.165, 1.54) is 18.2 Å². The Morgan fingerprint density at radius 2 is 1.92 bits per heavy atom. The molecule has 1 aromatic rings. The fourth-order valence-corrected chi connectivity index (χ4v) is 4.73. The molecule has 0 aliphatic carbocycles. The first kappa shape index (κ1) is 18.3. The van der Waals surface area contributed by atoms with E-state index >= 15 is 0 Å². The molecule has 2 aliphatic rings. The second kappa shape index (κ2) is 6.67. The molecule has 140 valence electrons. The minimum absolute atomic E-state index is 0.0591. The van der Waals surface area contributed by atoms with Crippen LogP contribution in [0.25, 0.3) is 0 Å². The first-order valence-corrected chi connectivity index (χ1v) is 9.80. The van der Waals surface area contributed by atoms with Gasteiger partial charge in [0.15, 0.2) is 9.84 Å². The Morgan fingerprint density at radius 3 is 2.58 bits per heavy atom. The van der Waals surface area contributed by atoms with Crippen LogP contribution in [0.2, 0.25) is 0 Å². The predicted octanol–water partition coefficient (Wildman–Crippen LogP) is -0.111. The van der Waals surface area contributed by atoms with Gasteiger partial charge in [-0.3, -0.25) is 9.59 Å². The lowest BCUT2D eigenvalue weighted by Crippen LogP contribution is -2.56. The van der Waals surface area contributed by atoms with Gasteiger partial charge in [0.05, 0.1) is 23.1 Å². The summed E-state index contributed by atoms with van der Waals surface area (Å²) in [5.74, 6) is -4.85. The Bertz CT molecular complexity index is 871. The number of hydrogen-bond donors (Lipinski definition) is 1. The molecule has 0 saturated carbocycles. The molecule has 2 aliphatic heterocycles. The maximum absolute atomic E-state index is 13.9. The first-order chi connectivity index (χ1) is 12.2. The summed E-state index contributed by atoms with van der Waals surface area (Å²) in [4.78, 5) is 38.5. The molecule has 2 atom stereocenters. The average molecular weight is 384 g/mol. The predicted molar refractivity (Wildman–Crippen MR) is 88.7 cm³/mol. The normalized spacial score (nSPS) is 25.3. The molecular formula is C16H17FN2O6S. The molecule has 0 radical (unpaired) electrons. The minimum atomic E-state index is -3.54. The van der Waals surface area contributed by atoms with Crippen LogP contribution in [0.15, 0.2) is 24.3 Å². The summed E-state index contributed by atoms with van der Waals surface area (Å²) in [5.41, 5.74) is 0.0591. The van der Waals surface area contributed by atoms with Crippen LogP contribution in [0.3, 0.4) is 0 Å². The number of hydrogen-bond acceptors (Lipinski definition) is 5. The third-order valence-corrected chi connectivity index (χ3v) is 6.25. The molecule has 2 heterocycles. The van der Waals surface area contributed by atoms with Crippen molar-refractivity contribution in [2.45, 2.75) is 12.5 Å². The molecule has 1 N–H and O–H groups in total. The van der Waals surface area contributed by atoms with Gasteiger partial charge < -0.3 is 14.9 Å². The zero-order valence-electron chi connectivity index (χ0n) is 13.7. The summed E-state index contributed by atoms with van der Waals surface area (Å²) in [7, 11) is -3.54. The van der Waals surface area contributed by atoms with Gasteiger partial charge in [-0.15, -0.1) is 0 Å². The van der Waals surface area contributed by atoms with Crippen molar-refractivity contribution in [1.82, 2.24) is 4.90 Å². The zero-order valence-corrected chi connectivity index (χ0v) is 14.5. The molecule has 2 amide bonds. The van der Waals surface area contributed by atoms with E-state index < -0.39 is 51.2 Å². The van der Waals surface area contributed by atoms with Gasteiger partial charge in [-0.25, -0.2) is 17.6 Å². The van der Waals surface area contributed by atoms with Gasteiger partial charge >= 0.3 is 5.97 Å². The fourth-order valence-electron chi connectivity index (χ4n) is 3.29. The second-order valence-electron chi connectivity index (χ2n) is 6.36. The number of carbonyl (C=O) groups is 3. The molecule has 0 bridgehead atoms. The summed E-state index contributed by atoms with van der Waals surface area (Å²) in [6.45, 7) is -0.309. The highest BCUT2D eigenvalue weighted by molar-refractivity contribution is 7.91. The van der Waals surface area contributed by atoms with E-state index in [2.05, 4.69) is 0 Å². The van der Waals surface area contributed by atoms with E-state index in [-0.39, 0.29) is 31.0 Å². The second-order valence-corrected chi connectivity index (χ2v) is 8.59. The lowest BCUT2D eigenvalue weighted by molar-refractivity contribution is -0.151. The van der Waals surface area contributed by atoms with Crippen LogP contribution < -0.4 is 4.90 Å². The number of rotatable bonds is 3. The van der Waals surface area contributed by atoms with Crippen molar-refractivity contribution in [2.24, 2.45) is 5.92 Å². The number of aliphatic carboxylic acids is 1. The number of benzene rings is 1. The van der Waals surface area contributed by atoms with Crippen LogP contribution in [0, 0.1) is 11.7 Å². The SMILES string of the molecule is O=C(O)C1CS(=O)(=O)CCN1C(=O)C1CC(=O)N(c2ccccc2F)C1. The third-order valence-electron chi connectivity index (χ3n) is 4.62. The molecule has 2 fully saturated rings. The summed E-state index contributed by atoms with van der Waals surface area (Å²) < 4.78 is 37.3. The number of para-hydroxylation sites is 1. The van der Waals surface area contributed by atoms with Crippen molar-refractivity contribution in [1.29, 1.82) is 0 Å². The van der Waals surface area contributed by atoms with E-state index in [0.29, 0.717) is 0 Å². The van der Waals surface area contributed by atoms with Gasteiger partial charge in [0.2, 0.25) is 11.8 Å². The number of anilines is 1. The van der Waals surface area contributed by atoms with Crippen molar-refractivity contribution in [2.75, 3.05) is 29.5 Å². The van der Waals surface area contributed by atoms with Gasteiger partial charge in [-0.2, -0.15) is 0 Å². The van der Waals surface area contributed by atoms with Crippen molar-refractivity contribution in [3.63, 3.8) is 0 Å². The van der Waals surface area contributed by atoms with Crippen LogP contribution in [-0.4, -0.2) is 66.8 Å². The molecule has 10 heteroatoms. The summed E-state index contributed by atoms with van der Waals surface area (Å²) >= 11 is 0. The van der Waals surface area contributed by atoms with Gasteiger partial charge in [-0.05, 0) is 12.1 Å². The number of nitrogens with zero attached hydrogens (tertiary/aromatic N) is 2. The molecule has 2 saturated heterocycles. The lowest BCUT2D eigenvalue weighted by atomic mass is 10.1. The molecule has 1 aromatic carbocycles. The molecule has 2 unspecified atom stereocenters. The Balaban J connectivity index is 1.79. The molecule has 8 nitrogen and oxygen atoms in total. The Kier molecular flexibility index (Phi) is 4.70. The van der Waals surface area contributed by atoms with Gasteiger partial charge in [0.1, 0.15) is 11.9 Å². The minimum Gasteiger partial charge on any atom is -0.480 e. The number of halogens is 1. The van der Waals surface area contributed by atoms with Crippen LogP contribution in [0.1, 0.15) is 6.42 Å². The van der Waals surface area contributed by atoms with Crippen molar-refractivity contribution < 1.29 is 32.3 Å². The monoisotopic (exact) mass is 384 g/mol. The largest absolute Gasteiger partial charge is 0.480 e. The summed E-state index contributed by atoms with van der Waals surface area (Å²) in [5, 5.41) is 9.27. The third kappa shape index (κ3) is 3.41. The topological polar surface area (TPSA) is 112 Å². The van der Waals surface area contributed by atoms with Crippen LogP contribution >= 0.6 is 0 Å².